The maximum Gasteiger partial charge on any atom is 0.407 e. The summed E-state index contributed by atoms with van der Waals surface area (Å²) in [6, 6.07) is 4.88. The molecule has 222 valence electrons. The molecule has 0 aromatic heterocycles. The van der Waals surface area contributed by atoms with Gasteiger partial charge in [0, 0.05) is 12.6 Å². The minimum Gasteiger partial charge on any atom is -0.493 e. The second-order valence-electron chi connectivity index (χ2n) is 10.7. The lowest BCUT2D eigenvalue weighted by Gasteiger charge is -2.36. The van der Waals surface area contributed by atoms with Crippen LogP contribution in [0.5, 0.6) is 11.5 Å². The molecule has 0 radical (unpaired) electrons. The van der Waals surface area contributed by atoms with E-state index >= 15 is 0 Å². The summed E-state index contributed by atoms with van der Waals surface area (Å²) in [6.07, 6.45) is 7.82. The Labute approximate surface area is 234 Å². The van der Waals surface area contributed by atoms with Gasteiger partial charge in [0.1, 0.15) is 5.60 Å². The third-order valence-electron chi connectivity index (χ3n) is 6.24. The topological polar surface area (TPSA) is 153 Å². The fourth-order valence-corrected chi connectivity index (χ4v) is 4.36. The first kappa shape index (κ1) is 32.4. The molecule has 1 aromatic rings. The molecule has 0 saturated heterocycles. The van der Waals surface area contributed by atoms with Gasteiger partial charge in [0.05, 0.1) is 26.7 Å². The molecule has 1 fully saturated rings. The zero-order valence-corrected chi connectivity index (χ0v) is 23.7. The quantitative estimate of drug-likeness (QED) is 0.0814. The average molecular weight is 565 g/mol. The van der Waals surface area contributed by atoms with Crippen LogP contribution in [0, 0.1) is 15.5 Å². The van der Waals surface area contributed by atoms with Crippen molar-refractivity contribution in [1.29, 1.82) is 0 Å². The summed E-state index contributed by atoms with van der Waals surface area (Å²) in [5.41, 5.74) is -0.403. The van der Waals surface area contributed by atoms with Gasteiger partial charge in [-0.1, -0.05) is 25.3 Å². The van der Waals surface area contributed by atoms with Crippen molar-refractivity contribution in [2.45, 2.75) is 77.7 Å². The summed E-state index contributed by atoms with van der Waals surface area (Å²) in [7, 11) is 1.45. The molecule has 12 heteroatoms. The van der Waals surface area contributed by atoms with Gasteiger partial charge >= 0.3 is 18.0 Å². The number of carbonyl (C=O) groups excluding carboxylic acids is 3. The number of benzene rings is 1. The second kappa shape index (κ2) is 15.7. The van der Waals surface area contributed by atoms with Crippen LogP contribution in [0.4, 0.5) is 4.79 Å². The van der Waals surface area contributed by atoms with E-state index in [2.05, 4.69) is 10.2 Å². The SMILES string of the molecule is COc1cc(/C=C/C(=O)OCCCCO[N+](=O)[O-])ccc1OC(=O)CC1(CNC(=O)OC(C)(C)C)CCCCC1. The van der Waals surface area contributed by atoms with Crippen molar-refractivity contribution in [3.8, 4) is 11.5 Å². The third kappa shape index (κ3) is 12.4. The van der Waals surface area contributed by atoms with E-state index in [0.717, 1.165) is 32.1 Å². The highest BCUT2D eigenvalue weighted by molar-refractivity contribution is 5.87. The lowest BCUT2D eigenvalue weighted by Crippen LogP contribution is -2.42. The van der Waals surface area contributed by atoms with E-state index in [1.54, 1.807) is 39.0 Å². The van der Waals surface area contributed by atoms with Gasteiger partial charge in [0.15, 0.2) is 11.5 Å². The fraction of sp³-hybridized carbons (Fsp3) is 0.607. The Hall–Kier alpha value is -3.83. The molecule has 40 heavy (non-hydrogen) atoms. The number of nitrogens with one attached hydrogen (secondary N) is 1. The van der Waals surface area contributed by atoms with E-state index in [1.807, 2.05) is 0 Å². The van der Waals surface area contributed by atoms with Crippen LogP contribution < -0.4 is 14.8 Å². The highest BCUT2D eigenvalue weighted by Crippen LogP contribution is 2.40. The molecule has 1 amide bonds. The highest BCUT2D eigenvalue weighted by Gasteiger charge is 2.36. The van der Waals surface area contributed by atoms with E-state index in [9.17, 15) is 24.5 Å². The standard InChI is InChI=1S/C28H40N2O10/c1-27(2,3)40-26(33)29-20-28(14-6-5-7-15-28)19-25(32)39-22-12-10-21(18-23(22)36-4)11-13-24(31)37-16-8-9-17-38-30(34)35/h10-13,18H,5-9,14-17,19-20H2,1-4H3,(H,29,33)/b13-11+. The Morgan fingerprint density at radius 3 is 2.42 bits per heavy atom. The number of hydrogen-bond donors (Lipinski definition) is 1. The molecule has 0 atom stereocenters. The van der Waals surface area contributed by atoms with Crippen molar-refractivity contribution in [3.05, 3.63) is 40.0 Å². The molecule has 0 aliphatic heterocycles. The number of esters is 2. The number of nitrogens with zero attached hydrogens (tertiary/aromatic N) is 1. The first-order valence-electron chi connectivity index (χ1n) is 13.4. The number of rotatable bonds is 14. The van der Waals surface area contributed by atoms with Crippen molar-refractivity contribution < 1.29 is 43.3 Å². The van der Waals surface area contributed by atoms with Crippen molar-refractivity contribution in [2.75, 3.05) is 26.9 Å². The van der Waals surface area contributed by atoms with Crippen molar-refractivity contribution in [2.24, 2.45) is 5.41 Å². The second-order valence-corrected chi connectivity index (χ2v) is 10.7. The van der Waals surface area contributed by atoms with Gasteiger partial charge in [-0.2, -0.15) is 0 Å². The van der Waals surface area contributed by atoms with E-state index in [4.69, 9.17) is 18.9 Å². The fourth-order valence-electron chi connectivity index (χ4n) is 4.36. The molecule has 1 aliphatic carbocycles. The minimum absolute atomic E-state index is 0.0545. The number of alkyl carbamates (subject to hydrolysis) is 1. The van der Waals surface area contributed by atoms with E-state index in [0.29, 0.717) is 30.7 Å². The van der Waals surface area contributed by atoms with Gasteiger partial charge in [-0.15, -0.1) is 10.1 Å². The zero-order chi connectivity index (χ0) is 29.6. The first-order chi connectivity index (χ1) is 18.9. The molecular weight excluding hydrogens is 524 g/mol. The van der Waals surface area contributed by atoms with Gasteiger partial charge < -0.3 is 29.1 Å². The van der Waals surface area contributed by atoms with Gasteiger partial charge in [-0.3, -0.25) is 4.79 Å². The smallest absolute Gasteiger partial charge is 0.407 e. The molecule has 1 aromatic carbocycles. The van der Waals surface area contributed by atoms with Crippen LogP contribution in [0.3, 0.4) is 0 Å². The van der Waals surface area contributed by atoms with Gasteiger partial charge in [0.25, 0.3) is 5.09 Å². The molecule has 0 unspecified atom stereocenters. The number of unbranched alkanes of at least 4 members (excludes halogenated alkanes) is 1. The highest BCUT2D eigenvalue weighted by atomic mass is 16.9. The Kier molecular flexibility index (Phi) is 12.7. The Bertz CT molecular complexity index is 1040. The van der Waals surface area contributed by atoms with Crippen LogP contribution in [0.1, 0.15) is 77.7 Å². The van der Waals surface area contributed by atoms with Crippen molar-refractivity contribution in [3.63, 3.8) is 0 Å². The molecule has 0 bridgehead atoms. The van der Waals surface area contributed by atoms with Gasteiger partial charge in [-0.25, -0.2) is 9.59 Å². The molecule has 0 spiro atoms. The summed E-state index contributed by atoms with van der Waals surface area (Å²) in [4.78, 5) is 51.4. The van der Waals surface area contributed by atoms with Crippen molar-refractivity contribution >= 4 is 24.1 Å². The largest absolute Gasteiger partial charge is 0.493 e. The Morgan fingerprint density at radius 2 is 1.77 bits per heavy atom. The maximum atomic E-state index is 13.0. The van der Waals surface area contributed by atoms with E-state index in [1.165, 1.54) is 19.3 Å². The summed E-state index contributed by atoms with van der Waals surface area (Å²) in [5.74, 6) is -0.432. The predicted octanol–water partition coefficient (Wildman–Crippen LogP) is 5.01. The van der Waals surface area contributed by atoms with Crippen LogP contribution in [-0.4, -0.2) is 55.6 Å². The van der Waals surface area contributed by atoms with Gasteiger partial charge in [0.2, 0.25) is 0 Å². The number of hydrogen-bond acceptors (Lipinski definition) is 10. The summed E-state index contributed by atoms with van der Waals surface area (Å²) in [6.45, 7) is 5.76. The molecular formula is C28H40N2O10. The lowest BCUT2D eigenvalue weighted by molar-refractivity contribution is -0.757. The summed E-state index contributed by atoms with van der Waals surface area (Å²) in [5, 5.41) is 12.1. The predicted molar refractivity (Wildman–Crippen MR) is 145 cm³/mol. The number of carbonyl (C=O) groups is 3. The van der Waals surface area contributed by atoms with E-state index in [-0.39, 0.29) is 25.4 Å². The summed E-state index contributed by atoms with van der Waals surface area (Å²) >= 11 is 0. The molecule has 1 N–H and O–H groups in total. The van der Waals surface area contributed by atoms with Crippen LogP contribution in [0.2, 0.25) is 0 Å². The number of amides is 1. The Morgan fingerprint density at radius 1 is 1.07 bits per heavy atom. The lowest BCUT2D eigenvalue weighted by atomic mass is 9.71. The molecule has 1 saturated carbocycles. The van der Waals surface area contributed by atoms with Crippen LogP contribution in [0.25, 0.3) is 6.08 Å². The van der Waals surface area contributed by atoms with Crippen LogP contribution in [-0.2, 0) is 23.9 Å². The number of methoxy groups -OCH3 is 1. The zero-order valence-electron chi connectivity index (χ0n) is 23.7. The molecule has 0 heterocycles. The first-order valence-corrected chi connectivity index (χ1v) is 13.4. The normalized spacial score (nSPS) is 14.7. The van der Waals surface area contributed by atoms with Crippen LogP contribution in [0.15, 0.2) is 24.3 Å². The Balaban J connectivity index is 1.93. The average Bonchev–Trinajstić information content (AvgIpc) is 2.88. The minimum atomic E-state index is -0.866. The van der Waals surface area contributed by atoms with Gasteiger partial charge in [-0.05, 0) is 75.6 Å². The molecule has 12 nitrogen and oxygen atoms in total. The van der Waals surface area contributed by atoms with Crippen LogP contribution >= 0.6 is 0 Å². The molecule has 1 aliphatic rings. The monoisotopic (exact) mass is 564 g/mol. The molecule has 2 rings (SSSR count). The number of ether oxygens (including phenoxy) is 4. The third-order valence-corrected chi connectivity index (χ3v) is 6.24. The van der Waals surface area contributed by atoms with Crippen molar-refractivity contribution in [1.82, 2.24) is 5.32 Å². The maximum absolute atomic E-state index is 13.0. The van der Waals surface area contributed by atoms with E-state index < -0.39 is 34.1 Å². The summed E-state index contributed by atoms with van der Waals surface area (Å²) < 4.78 is 21.5.